The maximum absolute atomic E-state index is 13.0. The lowest BCUT2D eigenvalue weighted by molar-refractivity contribution is -0.139. The van der Waals surface area contributed by atoms with Crippen LogP contribution in [0, 0.1) is 0 Å². The summed E-state index contributed by atoms with van der Waals surface area (Å²) in [5.41, 5.74) is 0.796. The molecule has 0 heterocycles. The lowest BCUT2D eigenvalue weighted by atomic mass is 9.63. The number of methoxy groups -OCH3 is 1. The summed E-state index contributed by atoms with van der Waals surface area (Å²) in [7, 11) is 3.50. The first-order chi connectivity index (χ1) is 12.2. The van der Waals surface area contributed by atoms with Crippen LogP contribution in [0.1, 0.15) is 24.8 Å². The normalized spacial score (nSPS) is 15.1. The highest BCUT2D eigenvalue weighted by molar-refractivity contribution is 5.89. The average molecular weight is 339 g/mol. The molecule has 0 aromatic heterocycles. The Labute approximate surface area is 149 Å². The standard InChI is InChI=1S/C21H25NO3/c1-22(15-16-25-19-11-9-18(24-2)10-12-19)20(23)21(13-6-14-21)17-7-4-3-5-8-17/h3-5,7-12H,6,13-16H2,1-2H3. The molecular formula is C21H25NO3. The number of amides is 1. The Bertz CT molecular complexity index is 693. The first-order valence-electron chi connectivity index (χ1n) is 8.74. The van der Waals surface area contributed by atoms with Gasteiger partial charge in [-0.2, -0.15) is 0 Å². The van der Waals surface area contributed by atoms with Crippen molar-refractivity contribution in [2.24, 2.45) is 0 Å². The van der Waals surface area contributed by atoms with E-state index in [4.69, 9.17) is 9.47 Å². The van der Waals surface area contributed by atoms with Crippen LogP contribution in [0.5, 0.6) is 11.5 Å². The summed E-state index contributed by atoms with van der Waals surface area (Å²) in [6.45, 7) is 1.04. The number of ether oxygens (including phenoxy) is 2. The van der Waals surface area contributed by atoms with Crippen LogP contribution in [0.3, 0.4) is 0 Å². The second-order valence-corrected chi connectivity index (χ2v) is 6.55. The molecule has 0 bridgehead atoms. The molecule has 2 aromatic carbocycles. The van der Waals surface area contributed by atoms with Gasteiger partial charge in [-0.15, -0.1) is 0 Å². The molecule has 1 fully saturated rings. The number of carbonyl (C=O) groups excluding carboxylic acids is 1. The summed E-state index contributed by atoms with van der Waals surface area (Å²) in [5.74, 6) is 1.78. The van der Waals surface area contributed by atoms with E-state index in [1.54, 1.807) is 12.0 Å². The minimum Gasteiger partial charge on any atom is -0.497 e. The molecule has 0 spiro atoms. The monoisotopic (exact) mass is 339 g/mol. The molecular weight excluding hydrogens is 314 g/mol. The van der Waals surface area contributed by atoms with Crippen molar-refractivity contribution in [3.8, 4) is 11.5 Å². The number of likely N-dealkylation sites (N-methyl/N-ethyl adjacent to an activating group) is 1. The minimum atomic E-state index is -0.337. The fraction of sp³-hybridized carbons (Fsp3) is 0.381. The van der Waals surface area contributed by atoms with Crippen LogP contribution < -0.4 is 9.47 Å². The van der Waals surface area contributed by atoms with Crippen molar-refractivity contribution in [3.05, 3.63) is 60.2 Å². The van der Waals surface area contributed by atoms with Gasteiger partial charge in [-0.25, -0.2) is 0 Å². The summed E-state index contributed by atoms with van der Waals surface area (Å²) in [4.78, 5) is 14.8. The molecule has 1 amide bonds. The van der Waals surface area contributed by atoms with Crippen molar-refractivity contribution in [1.82, 2.24) is 4.90 Å². The van der Waals surface area contributed by atoms with Crippen molar-refractivity contribution >= 4 is 5.91 Å². The lowest BCUT2D eigenvalue weighted by Crippen LogP contribution is -2.50. The molecule has 25 heavy (non-hydrogen) atoms. The predicted molar refractivity (Wildman–Crippen MR) is 98.1 cm³/mol. The average Bonchev–Trinajstić information content (AvgIpc) is 2.62. The molecule has 0 atom stereocenters. The van der Waals surface area contributed by atoms with Crippen molar-refractivity contribution in [2.45, 2.75) is 24.7 Å². The molecule has 0 N–H and O–H groups in total. The van der Waals surface area contributed by atoms with E-state index in [1.807, 2.05) is 49.5 Å². The van der Waals surface area contributed by atoms with Gasteiger partial charge in [0, 0.05) is 7.05 Å². The Morgan fingerprint density at radius 2 is 1.68 bits per heavy atom. The molecule has 0 saturated heterocycles. The second-order valence-electron chi connectivity index (χ2n) is 6.55. The van der Waals surface area contributed by atoms with Gasteiger partial charge in [0.2, 0.25) is 5.91 Å². The van der Waals surface area contributed by atoms with Gasteiger partial charge in [0.05, 0.1) is 19.1 Å². The SMILES string of the molecule is COc1ccc(OCCN(C)C(=O)C2(c3ccccc3)CCC2)cc1. The van der Waals surface area contributed by atoms with Crippen LogP contribution in [0.4, 0.5) is 0 Å². The maximum Gasteiger partial charge on any atom is 0.233 e. The van der Waals surface area contributed by atoms with E-state index in [0.29, 0.717) is 13.2 Å². The second kappa shape index (κ2) is 7.60. The highest BCUT2D eigenvalue weighted by Gasteiger charge is 2.46. The third-order valence-electron chi connectivity index (χ3n) is 5.04. The van der Waals surface area contributed by atoms with Crippen molar-refractivity contribution in [2.75, 3.05) is 27.3 Å². The smallest absolute Gasteiger partial charge is 0.233 e. The number of hydrogen-bond donors (Lipinski definition) is 0. The van der Waals surface area contributed by atoms with Crippen LogP contribution >= 0.6 is 0 Å². The Balaban J connectivity index is 1.57. The third-order valence-corrected chi connectivity index (χ3v) is 5.04. The molecule has 1 aliphatic rings. The van der Waals surface area contributed by atoms with Gasteiger partial charge in [-0.05, 0) is 42.7 Å². The summed E-state index contributed by atoms with van der Waals surface area (Å²) in [6.07, 6.45) is 2.97. The first-order valence-corrected chi connectivity index (χ1v) is 8.74. The quantitative estimate of drug-likeness (QED) is 0.773. The first kappa shape index (κ1) is 17.3. The van der Waals surface area contributed by atoms with Gasteiger partial charge in [0.15, 0.2) is 0 Å². The topological polar surface area (TPSA) is 38.8 Å². The summed E-state index contributed by atoms with van der Waals surface area (Å²) in [6, 6.07) is 17.6. The number of hydrogen-bond acceptors (Lipinski definition) is 3. The number of rotatable bonds is 7. The van der Waals surface area contributed by atoms with Gasteiger partial charge < -0.3 is 14.4 Å². The van der Waals surface area contributed by atoms with E-state index < -0.39 is 0 Å². The maximum atomic E-state index is 13.0. The van der Waals surface area contributed by atoms with Crippen LogP contribution in [-0.2, 0) is 10.2 Å². The largest absolute Gasteiger partial charge is 0.497 e. The van der Waals surface area contributed by atoms with E-state index in [9.17, 15) is 4.79 Å². The van der Waals surface area contributed by atoms with Gasteiger partial charge in [-0.1, -0.05) is 36.8 Å². The van der Waals surface area contributed by atoms with Gasteiger partial charge in [-0.3, -0.25) is 4.79 Å². The predicted octanol–water partition coefficient (Wildman–Crippen LogP) is 3.65. The zero-order valence-corrected chi connectivity index (χ0v) is 14.9. The van der Waals surface area contributed by atoms with E-state index >= 15 is 0 Å². The van der Waals surface area contributed by atoms with Crippen molar-refractivity contribution in [3.63, 3.8) is 0 Å². The van der Waals surface area contributed by atoms with Gasteiger partial charge in [0.25, 0.3) is 0 Å². The zero-order chi connectivity index (χ0) is 17.7. The van der Waals surface area contributed by atoms with Crippen LogP contribution in [-0.4, -0.2) is 38.1 Å². The van der Waals surface area contributed by atoms with Crippen molar-refractivity contribution in [1.29, 1.82) is 0 Å². The van der Waals surface area contributed by atoms with Crippen LogP contribution in [0.15, 0.2) is 54.6 Å². The van der Waals surface area contributed by atoms with Gasteiger partial charge in [0.1, 0.15) is 18.1 Å². The Kier molecular flexibility index (Phi) is 5.27. The number of carbonyl (C=O) groups is 1. The number of benzene rings is 2. The van der Waals surface area contributed by atoms with E-state index in [0.717, 1.165) is 36.3 Å². The third kappa shape index (κ3) is 3.63. The highest BCUT2D eigenvalue weighted by Crippen LogP contribution is 2.44. The molecule has 3 rings (SSSR count). The molecule has 0 radical (unpaired) electrons. The molecule has 2 aromatic rings. The molecule has 132 valence electrons. The minimum absolute atomic E-state index is 0.197. The van der Waals surface area contributed by atoms with E-state index in [-0.39, 0.29) is 11.3 Å². The number of nitrogens with zero attached hydrogens (tertiary/aromatic N) is 1. The van der Waals surface area contributed by atoms with Crippen LogP contribution in [0.25, 0.3) is 0 Å². The Morgan fingerprint density at radius 3 is 2.24 bits per heavy atom. The Morgan fingerprint density at radius 1 is 1.04 bits per heavy atom. The fourth-order valence-corrected chi connectivity index (χ4v) is 3.35. The summed E-state index contributed by atoms with van der Waals surface area (Å²) >= 11 is 0. The molecule has 1 saturated carbocycles. The highest BCUT2D eigenvalue weighted by atomic mass is 16.5. The zero-order valence-electron chi connectivity index (χ0n) is 14.9. The van der Waals surface area contributed by atoms with Gasteiger partial charge >= 0.3 is 0 Å². The summed E-state index contributed by atoms with van der Waals surface area (Å²) in [5, 5.41) is 0. The van der Waals surface area contributed by atoms with E-state index in [1.165, 1.54) is 0 Å². The Hall–Kier alpha value is -2.49. The lowest BCUT2D eigenvalue weighted by Gasteiger charge is -2.43. The fourth-order valence-electron chi connectivity index (χ4n) is 3.35. The molecule has 1 aliphatic carbocycles. The summed E-state index contributed by atoms with van der Waals surface area (Å²) < 4.78 is 10.9. The van der Waals surface area contributed by atoms with Crippen LogP contribution in [0.2, 0.25) is 0 Å². The molecule has 4 heteroatoms. The molecule has 0 aliphatic heterocycles. The molecule has 4 nitrogen and oxygen atoms in total. The van der Waals surface area contributed by atoms with Crippen molar-refractivity contribution < 1.29 is 14.3 Å². The van der Waals surface area contributed by atoms with E-state index in [2.05, 4.69) is 12.1 Å². The molecule has 0 unspecified atom stereocenters.